The lowest BCUT2D eigenvalue weighted by Gasteiger charge is -2.21. The van der Waals surface area contributed by atoms with Crippen molar-refractivity contribution in [2.45, 2.75) is 46.1 Å². The molecule has 1 unspecified atom stereocenters. The van der Waals surface area contributed by atoms with Gasteiger partial charge in [-0.2, -0.15) is 0 Å². The lowest BCUT2D eigenvalue weighted by Crippen LogP contribution is -2.21. The van der Waals surface area contributed by atoms with Crippen molar-refractivity contribution in [1.82, 2.24) is 0 Å². The summed E-state index contributed by atoms with van der Waals surface area (Å²) in [5.74, 6) is 1.32. The maximum atomic E-state index is 12.1. The van der Waals surface area contributed by atoms with E-state index in [9.17, 15) is 9.59 Å². The zero-order valence-electron chi connectivity index (χ0n) is 11.2. The fourth-order valence-electron chi connectivity index (χ4n) is 4.04. The molecular weight excluding hydrogens is 228 g/mol. The standard InChI is InChI=1S/C15H20O3/c1-7-4-12(16)14-8(2)5-13-11(6-10(7)14)9(3)15(17)18-13/h7,9-11,13H,4-6H2,1-3H3/t7-,9+,10-,11+,13?/m1/s1. The van der Waals surface area contributed by atoms with Crippen molar-refractivity contribution in [3.05, 3.63) is 11.1 Å². The van der Waals surface area contributed by atoms with Crippen molar-refractivity contribution in [1.29, 1.82) is 0 Å². The van der Waals surface area contributed by atoms with E-state index >= 15 is 0 Å². The number of fused-ring (bicyclic) bond motifs is 2. The Hall–Kier alpha value is -1.12. The Morgan fingerprint density at radius 3 is 2.61 bits per heavy atom. The highest BCUT2D eigenvalue weighted by molar-refractivity contribution is 5.99. The fourth-order valence-corrected chi connectivity index (χ4v) is 4.04. The van der Waals surface area contributed by atoms with Gasteiger partial charge in [-0.1, -0.05) is 19.4 Å². The summed E-state index contributed by atoms with van der Waals surface area (Å²) in [4.78, 5) is 23.8. The Morgan fingerprint density at radius 1 is 1.17 bits per heavy atom. The smallest absolute Gasteiger partial charge is 0.309 e. The van der Waals surface area contributed by atoms with Gasteiger partial charge in [-0.3, -0.25) is 9.59 Å². The van der Waals surface area contributed by atoms with Crippen LogP contribution in [-0.2, 0) is 14.3 Å². The van der Waals surface area contributed by atoms with Crippen LogP contribution in [0.5, 0.6) is 0 Å². The highest BCUT2D eigenvalue weighted by Crippen LogP contribution is 2.48. The average Bonchev–Trinajstić information content (AvgIpc) is 2.65. The van der Waals surface area contributed by atoms with Gasteiger partial charge < -0.3 is 4.74 Å². The zero-order chi connectivity index (χ0) is 13.0. The molecule has 18 heavy (non-hydrogen) atoms. The molecular formula is C15H20O3. The second-order valence-electron chi connectivity index (χ2n) is 6.27. The van der Waals surface area contributed by atoms with Crippen molar-refractivity contribution in [3.63, 3.8) is 0 Å². The van der Waals surface area contributed by atoms with E-state index in [-0.39, 0.29) is 18.0 Å². The van der Waals surface area contributed by atoms with E-state index in [4.69, 9.17) is 4.74 Å². The van der Waals surface area contributed by atoms with Crippen molar-refractivity contribution < 1.29 is 14.3 Å². The molecule has 1 aliphatic heterocycles. The van der Waals surface area contributed by atoms with Gasteiger partial charge in [-0.15, -0.1) is 0 Å². The molecule has 0 aromatic carbocycles. The number of allylic oxidation sites excluding steroid dienone is 1. The normalized spacial score (nSPS) is 43.6. The van der Waals surface area contributed by atoms with Crippen LogP contribution in [0, 0.1) is 23.7 Å². The van der Waals surface area contributed by atoms with Crippen molar-refractivity contribution in [2.24, 2.45) is 23.7 Å². The zero-order valence-corrected chi connectivity index (χ0v) is 11.2. The maximum Gasteiger partial charge on any atom is 0.309 e. The minimum Gasteiger partial charge on any atom is -0.461 e. The molecule has 3 aliphatic rings. The summed E-state index contributed by atoms with van der Waals surface area (Å²) in [6.07, 6.45) is 2.38. The number of hydrogen-bond acceptors (Lipinski definition) is 3. The van der Waals surface area contributed by atoms with Gasteiger partial charge in [-0.25, -0.2) is 0 Å². The summed E-state index contributed by atoms with van der Waals surface area (Å²) < 4.78 is 5.48. The maximum absolute atomic E-state index is 12.1. The van der Waals surface area contributed by atoms with Crippen LogP contribution in [0.1, 0.15) is 40.0 Å². The number of ketones is 1. The van der Waals surface area contributed by atoms with Crippen molar-refractivity contribution in [3.8, 4) is 0 Å². The first-order valence-corrected chi connectivity index (χ1v) is 6.92. The summed E-state index contributed by atoms with van der Waals surface area (Å²) in [7, 11) is 0. The fraction of sp³-hybridized carbons (Fsp3) is 0.733. The first-order valence-electron chi connectivity index (χ1n) is 6.92. The molecule has 1 saturated heterocycles. The molecule has 2 fully saturated rings. The van der Waals surface area contributed by atoms with Gasteiger partial charge in [0.25, 0.3) is 0 Å². The molecule has 3 heteroatoms. The second-order valence-corrected chi connectivity index (χ2v) is 6.27. The van der Waals surface area contributed by atoms with Gasteiger partial charge in [-0.05, 0) is 30.8 Å². The second kappa shape index (κ2) is 3.94. The summed E-state index contributed by atoms with van der Waals surface area (Å²) in [6.45, 7) is 6.16. The van der Waals surface area contributed by atoms with E-state index in [1.807, 2.05) is 13.8 Å². The van der Waals surface area contributed by atoms with Gasteiger partial charge in [0.2, 0.25) is 0 Å². The lowest BCUT2D eigenvalue weighted by atomic mass is 9.81. The molecule has 0 aromatic rings. The third-order valence-corrected chi connectivity index (χ3v) is 5.12. The van der Waals surface area contributed by atoms with Crippen LogP contribution in [-0.4, -0.2) is 17.9 Å². The molecule has 2 aliphatic carbocycles. The van der Waals surface area contributed by atoms with Gasteiger partial charge >= 0.3 is 5.97 Å². The molecule has 1 saturated carbocycles. The Kier molecular flexibility index (Phi) is 2.61. The third kappa shape index (κ3) is 1.56. The summed E-state index contributed by atoms with van der Waals surface area (Å²) in [5.41, 5.74) is 2.21. The number of Topliss-reactive ketones (excluding diaryl/α,β-unsaturated/α-hetero) is 1. The van der Waals surface area contributed by atoms with Gasteiger partial charge in [0, 0.05) is 18.8 Å². The summed E-state index contributed by atoms with van der Waals surface area (Å²) in [6, 6.07) is 0. The quantitative estimate of drug-likeness (QED) is 0.619. The number of hydrogen-bond donors (Lipinski definition) is 0. The molecule has 0 bridgehead atoms. The van der Waals surface area contributed by atoms with Crippen LogP contribution < -0.4 is 0 Å². The van der Waals surface area contributed by atoms with Crippen molar-refractivity contribution >= 4 is 11.8 Å². The Labute approximate surface area is 108 Å². The monoisotopic (exact) mass is 248 g/mol. The minimum atomic E-state index is -0.0572. The van der Waals surface area contributed by atoms with Crippen LogP contribution >= 0.6 is 0 Å². The van der Waals surface area contributed by atoms with Crippen LogP contribution in [0.3, 0.4) is 0 Å². The first-order chi connectivity index (χ1) is 8.49. The Morgan fingerprint density at radius 2 is 1.89 bits per heavy atom. The van der Waals surface area contributed by atoms with Crippen LogP contribution in [0.25, 0.3) is 0 Å². The van der Waals surface area contributed by atoms with E-state index in [0.29, 0.717) is 30.0 Å². The number of esters is 1. The molecule has 0 radical (unpaired) electrons. The van der Waals surface area contributed by atoms with Gasteiger partial charge in [0.15, 0.2) is 5.78 Å². The molecule has 0 amide bonds. The highest BCUT2D eigenvalue weighted by atomic mass is 16.6. The molecule has 0 spiro atoms. The van der Waals surface area contributed by atoms with Crippen LogP contribution in [0.2, 0.25) is 0 Å². The van der Waals surface area contributed by atoms with E-state index < -0.39 is 0 Å². The van der Waals surface area contributed by atoms with Crippen LogP contribution in [0.15, 0.2) is 11.1 Å². The van der Waals surface area contributed by atoms with E-state index in [1.54, 1.807) is 0 Å². The molecule has 5 atom stereocenters. The Bertz CT molecular complexity index is 449. The summed E-state index contributed by atoms with van der Waals surface area (Å²) in [5, 5.41) is 0. The lowest BCUT2D eigenvalue weighted by molar-refractivity contribution is -0.143. The van der Waals surface area contributed by atoms with E-state index in [1.165, 1.54) is 0 Å². The van der Waals surface area contributed by atoms with Gasteiger partial charge in [0.05, 0.1) is 5.92 Å². The largest absolute Gasteiger partial charge is 0.461 e. The molecule has 0 N–H and O–H groups in total. The minimum absolute atomic E-state index is 0.00519. The van der Waals surface area contributed by atoms with Crippen LogP contribution in [0.4, 0.5) is 0 Å². The number of carbonyl (C=O) groups excluding carboxylic acids is 2. The SMILES string of the molecule is CC1=C2C(=O)C[C@@H](C)[C@H]2C[C@@H]2C(C1)OC(=O)[C@H]2C. The molecule has 1 heterocycles. The number of ether oxygens (including phenoxy) is 1. The Balaban J connectivity index is 1.98. The topological polar surface area (TPSA) is 43.4 Å². The first kappa shape index (κ1) is 11.9. The summed E-state index contributed by atoms with van der Waals surface area (Å²) >= 11 is 0. The van der Waals surface area contributed by atoms with E-state index in [2.05, 4.69) is 6.92 Å². The number of carbonyl (C=O) groups is 2. The molecule has 0 aromatic heterocycles. The predicted octanol–water partition coefficient (Wildman–Crippen LogP) is 2.50. The van der Waals surface area contributed by atoms with Crippen molar-refractivity contribution in [2.75, 3.05) is 0 Å². The average molecular weight is 248 g/mol. The van der Waals surface area contributed by atoms with E-state index in [0.717, 1.165) is 24.0 Å². The molecule has 3 rings (SSSR count). The molecule has 3 nitrogen and oxygen atoms in total. The predicted molar refractivity (Wildman–Crippen MR) is 66.7 cm³/mol. The number of rotatable bonds is 0. The highest BCUT2D eigenvalue weighted by Gasteiger charge is 2.48. The molecule has 98 valence electrons. The van der Waals surface area contributed by atoms with Gasteiger partial charge in [0.1, 0.15) is 6.10 Å². The third-order valence-electron chi connectivity index (χ3n) is 5.12.